The van der Waals surface area contributed by atoms with Gasteiger partial charge in [-0.15, -0.1) is 0 Å². The van der Waals surface area contributed by atoms with E-state index in [-0.39, 0.29) is 32.8 Å². The Bertz CT molecular complexity index is 1430. The van der Waals surface area contributed by atoms with E-state index in [2.05, 4.69) is 20.6 Å². The Morgan fingerprint density at radius 1 is 1.25 bits per heavy atom. The predicted octanol–water partition coefficient (Wildman–Crippen LogP) is 1.24. The molecule has 3 rings (SSSR count). The number of hydrogen-bond donors (Lipinski definition) is 2. The third-order valence-corrected chi connectivity index (χ3v) is 7.10. The number of pyridine rings is 2. The molecule has 0 radical (unpaired) electrons. The van der Waals surface area contributed by atoms with Crippen LogP contribution in [0.1, 0.15) is 18.3 Å². The van der Waals surface area contributed by atoms with Crippen molar-refractivity contribution in [2.45, 2.75) is 30.8 Å². The zero-order valence-corrected chi connectivity index (χ0v) is 20.4. The van der Waals surface area contributed by atoms with Crippen LogP contribution in [0, 0.1) is 5.21 Å². The number of nitrogens with one attached hydrogen (secondary N) is 2. The third kappa shape index (κ3) is 6.12. The monoisotopic (exact) mass is 542 g/mol. The molecule has 0 aliphatic rings. The number of carbonyl (C=O) groups excluding carboxylic acids is 1. The summed E-state index contributed by atoms with van der Waals surface area (Å²) in [6, 6.07) is 6.34. The first-order valence-corrected chi connectivity index (χ1v) is 12.5. The molecule has 11 nitrogen and oxygen atoms in total. The van der Waals surface area contributed by atoms with Crippen molar-refractivity contribution in [1.29, 1.82) is 0 Å². The van der Waals surface area contributed by atoms with Gasteiger partial charge in [-0.25, -0.2) is 13.4 Å². The summed E-state index contributed by atoms with van der Waals surface area (Å²) in [7, 11) is -3.58. The van der Waals surface area contributed by atoms with Gasteiger partial charge in [0.05, 0.1) is 35.6 Å². The molecule has 2 N–H and O–H groups in total. The van der Waals surface area contributed by atoms with Crippen LogP contribution in [0.25, 0.3) is 0 Å². The molecule has 0 aromatic carbocycles. The molecule has 0 aliphatic carbocycles. The minimum Gasteiger partial charge on any atom is -0.618 e. The van der Waals surface area contributed by atoms with Gasteiger partial charge in [-0.05, 0) is 18.2 Å². The van der Waals surface area contributed by atoms with Crippen LogP contribution in [0.15, 0.2) is 58.6 Å². The van der Waals surface area contributed by atoms with Crippen molar-refractivity contribution in [3.8, 4) is 0 Å². The van der Waals surface area contributed by atoms with Gasteiger partial charge < -0.3 is 15.8 Å². The lowest BCUT2D eigenvalue weighted by atomic mass is 10.2. The van der Waals surface area contributed by atoms with Crippen molar-refractivity contribution in [2.75, 3.05) is 17.6 Å². The lowest BCUT2D eigenvalue weighted by molar-refractivity contribution is -0.624. The van der Waals surface area contributed by atoms with Gasteiger partial charge in [-0.1, -0.05) is 18.5 Å². The minimum atomic E-state index is -3.64. The molecule has 3 aromatic heterocycles. The summed E-state index contributed by atoms with van der Waals surface area (Å²) in [5.41, 5.74) is -1.67. The number of hydrogen-bond acceptors (Lipinski definition) is 8. The van der Waals surface area contributed by atoms with Gasteiger partial charge in [0.1, 0.15) is 11.7 Å². The van der Waals surface area contributed by atoms with Crippen molar-refractivity contribution in [3.63, 3.8) is 0 Å². The van der Waals surface area contributed by atoms with Crippen LogP contribution < -0.4 is 20.9 Å². The second kappa shape index (κ2) is 11.0. The quantitative estimate of drug-likeness (QED) is 0.287. The maximum absolute atomic E-state index is 14.5. The van der Waals surface area contributed by atoms with Gasteiger partial charge in [0.15, 0.2) is 21.9 Å². The Morgan fingerprint density at radius 3 is 2.69 bits per heavy atom. The van der Waals surface area contributed by atoms with Crippen LogP contribution in [0.2, 0.25) is 5.15 Å². The molecule has 0 unspecified atom stereocenters. The van der Waals surface area contributed by atoms with Crippen molar-refractivity contribution < 1.29 is 26.7 Å². The zero-order chi connectivity index (χ0) is 26.5. The molecule has 36 heavy (non-hydrogen) atoms. The van der Waals surface area contributed by atoms with E-state index in [1.165, 1.54) is 37.4 Å². The summed E-state index contributed by atoms with van der Waals surface area (Å²) in [5, 5.41) is 16.1. The second-order valence-electron chi connectivity index (χ2n) is 7.42. The normalized spacial score (nSPS) is 11.8. The first kappa shape index (κ1) is 26.9. The highest BCUT2D eigenvalue weighted by Gasteiger charge is 2.39. The average molecular weight is 543 g/mol. The van der Waals surface area contributed by atoms with Crippen LogP contribution >= 0.6 is 11.6 Å². The summed E-state index contributed by atoms with van der Waals surface area (Å²) < 4.78 is 54.2. The van der Waals surface area contributed by atoms with Crippen LogP contribution in [0.4, 0.5) is 14.6 Å². The summed E-state index contributed by atoms with van der Waals surface area (Å²) in [5.74, 6) is -5.03. The molecular formula is C21H21ClF2N6O5S. The third-order valence-electron chi connectivity index (χ3n) is 5.00. The largest absolute Gasteiger partial charge is 0.618 e. The van der Waals surface area contributed by atoms with E-state index in [1.807, 2.05) is 0 Å². The molecule has 0 fully saturated rings. The van der Waals surface area contributed by atoms with Crippen LogP contribution in [-0.4, -0.2) is 41.2 Å². The van der Waals surface area contributed by atoms with Crippen LogP contribution in [-0.2, 0) is 33.6 Å². The molecule has 0 bridgehead atoms. The number of halogens is 3. The van der Waals surface area contributed by atoms with E-state index in [4.69, 9.17) is 11.6 Å². The smallest absolute Gasteiger partial charge is 0.347 e. The molecule has 1 amide bonds. The lowest BCUT2D eigenvalue weighted by Gasteiger charge is -2.17. The van der Waals surface area contributed by atoms with Gasteiger partial charge in [0.2, 0.25) is 5.91 Å². The van der Waals surface area contributed by atoms with Crippen molar-refractivity contribution in [1.82, 2.24) is 19.9 Å². The Morgan fingerprint density at radius 2 is 2.00 bits per heavy atom. The van der Waals surface area contributed by atoms with Crippen molar-refractivity contribution >= 4 is 33.2 Å². The van der Waals surface area contributed by atoms with Gasteiger partial charge >= 0.3 is 5.92 Å². The van der Waals surface area contributed by atoms with Gasteiger partial charge in [0, 0.05) is 18.3 Å². The molecule has 15 heteroatoms. The maximum atomic E-state index is 14.5. The van der Waals surface area contributed by atoms with Crippen LogP contribution in [0.5, 0.6) is 0 Å². The zero-order valence-electron chi connectivity index (χ0n) is 18.8. The van der Waals surface area contributed by atoms with Gasteiger partial charge in [-0.3, -0.25) is 19.1 Å². The fraction of sp³-hybridized carbons (Fsp3) is 0.286. The number of nitrogens with zero attached hydrogens (tertiary/aromatic N) is 4. The summed E-state index contributed by atoms with van der Waals surface area (Å²) in [6.45, 7) is -0.492. The Labute approximate surface area is 209 Å². The minimum absolute atomic E-state index is 0.0122. The van der Waals surface area contributed by atoms with E-state index in [1.54, 1.807) is 0 Å². The molecule has 3 heterocycles. The number of aromatic nitrogens is 4. The van der Waals surface area contributed by atoms with E-state index < -0.39 is 51.8 Å². The number of rotatable bonds is 10. The highest BCUT2D eigenvalue weighted by atomic mass is 35.5. The molecule has 0 saturated heterocycles. The summed E-state index contributed by atoms with van der Waals surface area (Å²) in [4.78, 5) is 32.9. The summed E-state index contributed by atoms with van der Waals surface area (Å²) >= 11 is 5.98. The number of anilines is 1. The fourth-order valence-electron chi connectivity index (χ4n) is 3.11. The van der Waals surface area contributed by atoms with Gasteiger partial charge in [0.25, 0.3) is 11.3 Å². The fourth-order valence-corrected chi connectivity index (χ4v) is 4.38. The lowest BCUT2D eigenvalue weighted by Crippen LogP contribution is -2.41. The van der Waals surface area contributed by atoms with E-state index in [0.29, 0.717) is 0 Å². The van der Waals surface area contributed by atoms with Crippen molar-refractivity contribution in [3.05, 3.63) is 81.0 Å². The topological polar surface area (TPSA) is 150 Å². The Balaban J connectivity index is 1.72. The highest BCUT2D eigenvalue weighted by molar-refractivity contribution is 7.91. The molecule has 0 atom stereocenters. The van der Waals surface area contributed by atoms with Crippen LogP contribution in [0.3, 0.4) is 0 Å². The number of amides is 1. The highest BCUT2D eigenvalue weighted by Crippen LogP contribution is 2.25. The number of carbonyl (C=O) groups is 1. The first-order valence-electron chi connectivity index (χ1n) is 10.5. The summed E-state index contributed by atoms with van der Waals surface area (Å²) in [6.07, 6.45) is 3.29. The Kier molecular flexibility index (Phi) is 8.20. The van der Waals surface area contributed by atoms with E-state index in [0.717, 1.165) is 23.0 Å². The van der Waals surface area contributed by atoms with Crippen molar-refractivity contribution in [2.24, 2.45) is 0 Å². The van der Waals surface area contributed by atoms with E-state index in [9.17, 15) is 32.0 Å². The second-order valence-corrected chi connectivity index (χ2v) is 10.1. The molecule has 0 saturated carbocycles. The first-order chi connectivity index (χ1) is 17.0. The number of sulfone groups is 1. The predicted molar refractivity (Wildman–Crippen MR) is 125 cm³/mol. The average Bonchev–Trinajstić information content (AvgIpc) is 2.85. The SMILES string of the molecule is CCS(=O)(=O)c1cccnc1CNC(=O)Cn1c(Cl)cnc(NCC(F)(F)c2cccc[n+]2[O-])c1=O. The molecule has 192 valence electrons. The molecule has 0 spiro atoms. The molecular weight excluding hydrogens is 522 g/mol. The van der Waals surface area contributed by atoms with E-state index >= 15 is 0 Å². The standard InChI is InChI=1S/C21H21ClF2N6O5S/c1-2-36(34,35)15-6-5-8-25-14(15)10-26-18(31)12-29-17(22)11-27-19(20(29)32)28-13-21(23,24)16-7-3-4-9-30(16)33/h3-9,11H,2,10,12-13H2,1H3,(H,26,31)(H,27,28). The Hall–Kier alpha value is -3.65. The molecule has 3 aromatic rings. The van der Waals surface area contributed by atoms with Gasteiger partial charge in [-0.2, -0.15) is 13.5 Å². The maximum Gasteiger partial charge on any atom is 0.347 e. The number of alkyl halides is 2. The molecule has 0 aliphatic heterocycles.